The van der Waals surface area contributed by atoms with Crippen molar-refractivity contribution in [3.05, 3.63) is 82.4 Å². The molecule has 0 saturated carbocycles. The smallest absolute Gasteiger partial charge is 0.347 e. The number of hydrogen-bond acceptors (Lipinski definition) is 10. The number of benzene rings is 3. The molecule has 3 heterocycles. The molecular weight excluding hydrogens is 582 g/mol. The Morgan fingerprint density at radius 2 is 1.91 bits per heavy atom. The van der Waals surface area contributed by atoms with Gasteiger partial charge in [0, 0.05) is 46.1 Å². The first-order valence-corrected chi connectivity index (χ1v) is 16.1. The third-order valence-corrected chi connectivity index (χ3v) is 10.7. The summed E-state index contributed by atoms with van der Waals surface area (Å²) < 4.78 is 37.1. The third-order valence-electron chi connectivity index (χ3n) is 8.72. The van der Waals surface area contributed by atoms with E-state index in [1.54, 1.807) is 15.1 Å². The zero-order valence-corrected chi connectivity index (χ0v) is 26.1. The molecule has 0 spiro atoms. The summed E-state index contributed by atoms with van der Waals surface area (Å²) in [6.07, 6.45) is -0.556. The maximum Gasteiger partial charge on any atom is 0.347 e. The molecule has 1 saturated heterocycles. The van der Waals surface area contributed by atoms with Gasteiger partial charge in [-0.15, -0.1) is 15.9 Å². The van der Waals surface area contributed by atoms with E-state index in [1.165, 1.54) is 0 Å². The number of esters is 2. The number of nitrogens with zero attached hydrogens (tertiary/aromatic N) is 5. The lowest BCUT2D eigenvalue weighted by atomic mass is 9.84. The van der Waals surface area contributed by atoms with Crippen molar-refractivity contribution in [3.8, 4) is 0 Å². The molecule has 11 nitrogen and oxygen atoms in total. The minimum Gasteiger partial charge on any atom is -0.463 e. The average Bonchev–Trinajstić information content (AvgIpc) is 3.57. The molecule has 2 N–H and O–H groups in total. The number of carbonyl (C=O) groups is 2. The highest BCUT2D eigenvalue weighted by Gasteiger charge is 2.34. The Morgan fingerprint density at radius 3 is 2.68 bits per heavy atom. The van der Waals surface area contributed by atoms with Gasteiger partial charge in [0.25, 0.3) is 0 Å². The standard InChI is InChI=1S/C32H37N5O6S/c1-20-9-10-22(17-23(20)19-37-15-14-35(3)26-7-5-6-8-29(26)44(37,40)41)25(18-30(38)43-28-13-16-42-32(28)39)24-11-12-27-31(21(24)2)33-34-36(27)4/h5-12,17,25,28,40-41H,13-16,18-19H2,1-4H3. The van der Waals surface area contributed by atoms with Crippen LogP contribution in [0.25, 0.3) is 11.0 Å². The van der Waals surface area contributed by atoms with Gasteiger partial charge in [0.1, 0.15) is 5.52 Å². The van der Waals surface area contributed by atoms with Gasteiger partial charge in [-0.2, -0.15) is 4.31 Å². The van der Waals surface area contributed by atoms with E-state index in [4.69, 9.17) is 9.47 Å². The number of ether oxygens (including phenoxy) is 2. The molecule has 2 unspecified atom stereocenters. The van der Waals surface area contributed by atoms with Crippen LogP contribution >= 0.6 is 10.8 Å². The van der Waals surface area contributed by atoms with Gasteiger partial charge in [0.2, 0.25) is 6.10 Å². The van der Waals surface area contributed by atoms with Crippen LogP contribution in [0.4, 0.5) is 5.69 Å². The van der Waals surface area contributed by atoms with E-state index in [9.17, 15) is 18.7 Å². The van der Waals surface area contributed by atoms with Crippen LogP contribution in [0.1, 0.15) is 46.6 Å². The van der Waals surface area contributed by atoms with E-state index < -0.39 is 34.7 Å². The van der Waals surface area contributed by atoms with Gasteiger partial charge in [0.15, 0.2) is 0 Å². The summed E-state index contributed by atoms with van der Waals surface area (Å²) in [5.74, 6) is -1.43. The van der Waals surface area contributed by atoms with Crippen molar-refractivity contribution in [1.29, 1.82) is 0 Å². The van der Waals surface area contributed by atoms with Crippen molar-refractivity contribution < 1.29 is 28.2 Å². The highest BCUT2D eigenvalue weighted by Crippen LogP contribution is 2.56. The Hall–Kier alpha value is -3.97. The van der Waals surface area contributed by atoms with E-state index >= 15 is 0 Å². The van der Waals surface area contributed by atoms with Crippen molar-refractivity contribution in [2.45, 2.75) is 50.2 Å². The molecule has 0 amide bonds. The molecule has 4 aromatic rings. The van der Waals surface area contributed by atoms with Crippen molar-refractivity contribution in [2.75, 3.05) is 31.6 Å². The predicted molar refractivity (Wildman–Crippen MR) is 168 cm³/mol. The first-order valence-electron chi connectivity index (χ1n) is 14.6. The molecule has 232 valence electrons. The summed E-state index contributed by atoms with van der Waals surface area (Å²) in [6.45, 7) is 5.58. The highest BCUT2D eigenvalue weighted by atomic mass is 32.3. The maximum absolute atomic E-state index is 13.3. The van der Waals surface area contributed by atoms with Crippen molar-refractivity contribution in [2.24, 2.45) is 7.05 Å². The predicted octanol–water partition coefficient (Wildman–Crippen LogP) is 4.94. The first-order chi connectivity index (χ1) is 21.0. The Kier molecular flexibility index (Phi) is 8.10. The number of anilines is 1. The molecule has 0 bridgehead atoms. The van der Waals surface area contributed by atoms with Gasteiger partial charge >= 0.3 is 11.9 Å². The molecule has 1 fully saturated rings. The van der Waals surface area contributed by atoms with Gasteiger partial charge in [-0.1, -0.05) is 41.6 Å². The van der Waals surface area contributed by atoms with E-state index in [2.05, 4.69) is 10.3 Å². The largest absolute Gasteiger partial charge is 0.463 e. The van der Waals surface area contributed by atoms with Crippen molar-refractivity contribution in [3.63, 3.8) is 0 Å². The molecule has 2 aliphatic rings. The van der Waals surface area contributed by atoms with Crippen LogP contribution in [0, 0.1) is 13.8 Å². The summed E-state index contributed by atoms with van der Waals surface area (Å²) in [6, 6.07) is 17.4. The number of cyclic esters (lactones) is 1. The van der Waals surface area contributed by atoms with Gasteiger partial charge in [0.05, 0.1) is 29.1 Å². The summed E-state index contributed by atoms with van der Waals surface area (Å²) >= 11 is 0. The minimum absolute atomic E-state index is 0.00401. The fourth-order valence-electron chi connectivity index (χ4n) is 6.08. The molecule has 0 radical (unpaired) electrons. The van der Waals surface area contributed by atoms with Crippen LogP contribution in [0.3, 0.4) is 0 Å². The van der Waals surface area contributed by atoms with Crippen molar-refractivity contribution in [1.82, 2.24) is 19.3 Å². The first kappa shape index (κ1) is 30.1. The molecule has 3 aromatic carbocycles. The second-order valence-electron chi connectivity index (χ2n) is 11.5. The number of hydrogen-bond donors (Lipinski definition) is 2. The normalized spacial score (nSPS) is 19.7. The second kappa shape index (κ2) is 11.8. The number of carbonyl (C=O) groups excluding carboxylic acids is 2. The summed E-state index contributed by atoms with van der Waals surface area (Å²) in [5.41, 5.74) is 7.00. The van der Waals surface area contributed by atoms with Gasteiger partial charge in [-0.05, 0) is 59.9 Å². The number of rotatable bonds is 7. The van der Waals surface area contributed by atoms with Crippen LogP contribution in [-0.4, -0.2) is 73.2 Å². The van der Waals surface area contributed by atoms with E-state index in [1.807, 2.05) is 81.4 Å². The van der Waals surface area contributed by atoms with Gasteiger partial charge in [-0.3, -0.25) is 13.9 Å². The van der Waals surface area contributed by atoms with Gasteiger partial charge < -0.3 is 14.4 Å². The lowest BCUT2D eigenvalue weighted by Crippen LogP contribution is -2.31. The van der Waals surface area contributed by atoms with E-state index in [0.29, 0.717) is 31.0 Å². The van der Waals surface area contributed by atoms with E-state index in [-0.39, 0.29) is 13.0 Å². The zero-order chi connectivity index (χ0) is 31.2. The summed E-state index contributed by atoms with van der Waals surface area (Å²) in [5, 5.41) is 8.53. The summed E-state index contributed by atoms with van der Waals surface area (Å²) in [4.78, 5) is 27.9. The fraction of sp³-hybridized carbons (Fsp3) is 0.375. The fourth-order valence-corrected chi connectivity index (χ4v) is 7.78. The Labute approximate surface area is 257 Å². The van der Waals surface area contributed by atoms with Crippen LogP contribution in [0.2, 0.25) is 0 Å². The third kappa shape index (κ3) is 5.54. The maximum atomic E-state index is 13.3. The van der Waals surface area contributed by atoms with Crippen molar-refractivity contribution >= 4 is 39.4 Å². The molecule has 6 rings (SSSR count). The molecular formula is C32H37N5O6S. The summed E-state index contributed by atoms with van der Waals surface area (Å²) in [7, 11) is 0.524. The quantitative estimate of drug-likeness (QED) is 0.274. The average molecular weight is 620 g/mol. The lowest BCUT2D eigenvalue weighted by Gasteiger charge is -2.42. The number of aryl methyl sites for hydroxylation is 3. The molecule has 2 atom stereocenters. The lowest BCUT2D eigenvalue weighted by molar-refractivity contribution is -0.160. The van der Waals surface area contributed by atoms with Crippen LogP contribution in [0.15, 0.2) is 59.5 Å². The number of aromatic nitrogens is 3. The Bertz CT molecular complexity index is 1740. The number of para-hydroxylation sites is 1. The monoisotopic (exact) mass is 619 g/mol. The molecule has 44 heavy (non-hydrogen) atoms. The number of fused-ring (bicyclic) bond motifs is 2. The Morgan fingerprint density at radius 1 is 1.11 bits per heavy atom. The van der Waals surface area contributed by atoms with Crippen LogP contribution < -0.4 is 4.90 Å². The molecule has 1 aromatic heterocycles. The minimum atomic E-state index is -3.26. The second-order valence-corrected chi connectivity index (χ2v) is 13.5. The zero-order valence-electron chi connectivity index (χ0n) is 25.3. The Balaban J connectivity index is 1.36. The SMILES string of the molecule is Cc1ccc(C(CC(=O)OC2CCOC2=O)c2ccc3c(nnn3C)c2C)cc1CN1CCN(C)c2ccccc2S1(O)O. The highest BCUT2D eigenvalue weighted by molar-refractivity contribution is 8.22. The van der Waals surface area contributed by atoms with Crippen LogP contribution in [0.5, 0.6) is 0 Å². The van der Waals surface area contributed by atoms with Crippen LogP contribution in [-0.2, 0) is 32.7 Å². The number of likely N-dealkylation sites (N-methyl/N-ethyl adjacent to an activating group) is 1. The molecule has 2 aliphatic heterocycles. The van der Waals surface area contributed by atoms with E-state index in [0.717, 1.165) is 44.5 Å². The molecule has 0 aliphatic carbocycles. The molecule has 12 heteroatoms. The topological polar surface area (TPSA) is 130 Å². The van der Waals surface area contributed by atoms with Gasteiger partial charge in [-0.25, -0.2) is 9.48 Å².